The Hall–Kier alpha value is -2.83. The molecule has 0 bridgehead atoms. The van der Waals surface area contributed by atoms with E-state index < -0.39 is 4.92 Å². The van der Waals surface area contributed by atoms with Crippen molar-refractivity contribution in [3.63, 3.8) is 0 Å². The van der Waals surface area contributed by atoms with Crippen LogP contribution in [0.25, 0.3) is 10.8 Å². The van der Waals surface area contributed by atoms with E-state index in [2.05, 4.69) is 6.07 Å². The zero-order chi connectivity index (χ0) is 20.6. The standard InChI is InChI=1S/C22H22ClNO5/c23-10-12-29-21-15-19(28-13-11-25)14-18(22(21)24(26)27)9-8-17-6-3-5-16-4-1-2-7-20(16)17/h1-7,14-15,25H,8-13H2. The molecule has 0 amide bonds. The third-order valence-electron chi connectivity index (χ3n) is 4.55. The minimum atomic E-state index is -0.433. The van der Waals surface area contributed by atoms with Crippen molar-refractivity contribution in [3.05, 3.63) is 75.8 Å². The molecule has 29 heavy (non-hydrogen) atoms. The van der Waals surface area contributed by atoms with Crippen molar-refractivity contribution in [3.8, 4) is 11.5 Å². The van der Waals surface area contributed by atoms with Gasteiger partial charge in [-0.2, -0.15) is 0 Å². The number of alkyl halides is 1. The van der Waals surface area contributed by atoms with E-state index in [4.69, 9.17) is 26.2 Å². The average molecular weight is 416 g/mol. The minimum Gasteiger partial charge on any atom is -0.491 e. The van der Waals surface area contributed by atoms with Crippen LogP contribution >= 0.6 is 11.6 Å². The van der Waals surface area contributed by atoms with Gasteiger partial charge in [0.25, 0.3) is 0 Å². The summed E-state index contributed by atoms with van der Waals surface area (Å²) in [5.41, 5.74) is 1.55. The lowest BCUT2D eigenvalue weighted by Gasteiger charge is -2.13. The molecular weight excluding hydrogens is 394 g/mol. The van der Waals surface area contributed by atoms with Crippen molar-refractivity contribution in [2.75, 3.05) is 25.7 Å². The van der Waals surface area contributed by atoms with Crippen molar-refractivity contribution in [1.29, 1.82) is 0 Å². The molecule has 0 heterocycles. The van der Waals surface area contributed by atoms with Gasteiger partial charge in [-0.05, 0) is 35.2 Å². The number of nitro groups is 1. The van der Waals surface area contributed by atoms with Gasteiger partial charge in [0.2, 0.25) is 5.75 Å². The summed E-state index contributed by atoms with van der Waals surface area (Å²) in [5, 5.41) is 23.0. The SMILES string of the molecule is O=[N+]([O-])c1c(CCc2cccc3ccccc23)cc(OCCO)cc1OCCCl. The molecule has 0 saturated carbocycles. The zero-order valence-corrected chi connectivity index (χ0v) is 16.6. The van der Waals surface area contributed by atoms with Crippen molar-refractivity contribution >= 4 is 28.1 Å². The molecule has 1 N–H and O–H groups in total. The van der Waals surface area contributed by atoms with E-state index in [0.29, 0.717) is 24.2 Å². The first-order valence-electron chi connectivity index (χ1n) is 9.34. The lowest BCUT2D eigenvalue weighted by atomic mass is 9.97. The Bertz CT molecular complexity index is 987. The molecule has 0 aliphatic rings. The summed E-state index contributed by atoms with van der Waals surface area (Å²) in [6, 6.07) is 17.2. The number of hydrogen-bond acceptors (Lipinski definition) is 5. The second kappa shape index (κ2) is 10.1. The fourth-order valence-corrected chi connectivity index (χ4v) is 3.40. The van der Waals surface area contributed by atoms with Crippen molar-refractivity contribution in [2.45, 2.75) is 12.8 Å². The van der Waals surface area contributed by atoms with Crippen LogP contribution in [0, 0.1) is 10.1 Å². The molecule has 152 valence electrons. The molecule has 0 aliphatic carbocycles. The summed E-state index contributed by atoms with van der Waals surface area (Å²) >= 11 is 5.68. The van der Waals surface area contributed by atoms with Crippen molar-refractivity contribution in [2.24, 2.45) is 0 Å². The van der Waals surface area contributed by atoms with Gasteiger partial charge in [0, 0.05) is 11.6 Å². The summed E-state index contributed by atoms with van der Waals surface area (Å²) < 4.78 is 11.0. The first-order chi connectivity index (χ1) is 14.1. The number of hydrogen-bond donors (Lipinski definition) is 1. The topological polar surface area (TPSA) is 81.8 Å². The quantitative estimate of drug-likeness (QED) is 0.299. The predicted molar refractivity (Wildman–Crippen MR) is 113 cm³/mol. The molecule has 0 saturated heterocycles. The molecule has 0 unspecified atom stereocenters. The first-order valence-corrected chi connectivity index (χ1v) is 9.88. The van der Waals surface area contributed by atoms with E-state index in [1.54, 1.807) is 6.07 Å². The maximum Gasteiger partial charge on any atom is 0.314 e. The molecule has 6 nitrogen and oxygen atoms in total. The van der Waals surface area contributed by atoms with Gasteiger partial charge < -0.3 is 14.6 Å². The fraction of sp³-hybridized carbons (Fsp3) is 0.273. The van der Waals surface area contributed by atoms with Crippen LogP contribution in [0.4, 0.5) is 5.69 Å². The number of halogens is 1. The minimum absolute atomic E-state index is 0.0771. The molecule has 3 aromatic rings. The first kappa shape index (κ1) is 20.9. The van der Waals surface area contributed by atoms with Gasteiger partial charge in [0.15, 0.2) is 0 Å². The number of benzene rings is 3. The van der Waals surface area contributed by atoms with Gasteiger partial charge in [-0.25, -0.2) is 0 Å². The zero-order valence-electron chi connectivity index (χ0n) is 15.8. The van der Waals surface area contributed by atoms with E-state index in [1.165, 1.54) is 6.07 Å². The van der Waals surface area contributed by atoms with Gasteiger partial charge >= 0.3 is 5.69 Å². The number of ether oxygens (including phenoxy) is 2. The fourth-order valence-electron chi connectivity index (χ4n) is 3.32. The molecular formula is C22H22ClNO5. The normalized spacial score (nSPS) is 10.8. The third-order valence-corrected chi connectivity index (χ3v) is 4.70. The summed E-state index contributed by atoms with van der Waals surface area (Å²) in [6.45, 7) is 0.0876. The Balaban J connectivity index is 1.95. The van der Waals surface area contributed by atoms with Gasteiger partial charge in [-0.1, -0.05) is 42.5 Å². The van der Waals surface area contributed by atoms with E-state index in [0.717, 1.165) is 16.3 Å². The van der Waals surface area contributed by atoms with Crippen LogP contribution in [-0.2, 0) is 12.8 Å². The van der Waals surface area contributed by atoms with E-state index in [1.807, 2.05) is 36.4 Å². The Labute approximate surface area is 173 Å². The lowest BCUT2D eigenvalue weighted by Crippen LogP contribution is -2.07. The van der Waals surface area contributed by atoms with Crippen LogP contribution in [0.2, 0.25) is 0 Å². The monoisotopic (exact) mass is 415 g/mol. The van der Waals surface area contributed by atoms with Crippen molar-refractivity contribution in [1.82, 2.24) is 0 Å². The summed E-state index contributed by atoms with van der Waals surface area (Å²) in [5.74, 6) is 0.755. The van der Waals surface area contributed by atoms with E-state index in [9.17, 15) is 10.1 Å². The Morgan fingerprint density at radius 3 is 2.48 bits per heavy atom. The van der Waals surface area contributed by atoms with Crippen molar-refractivity contribution < 1.29 is 19.5 Å². The summed E-state index contributed by atoms with van der Waals surface area (Å²) in [6.07, 6.45) is 1.07. The second-order valence-electron chi connectivity index (χ2n) is 6.43. The molecule has 3 aromatic carbocycles. The van der Waals surface area contributed by atoms with Gasteiger partial charge in [0.05, 0.1) is 17.4 Å². The molecule has 0 spiro atoms. The Morgan fingerprint density at radius 1 is 0.966 bits per heavy atom. The summed E-state index contributed by atoms with van der Waals surface area (Å²) in [7, 11) is 0. The maximum absolute atomic E-state index is 11.8. The number of aliphatic hydroxyl groups excluding tert-OH is 1. The van der Waals surface area contributed by atoms with E-state index in [-0.39, 0.29) is 37.1 Å². The molecule has 3 rings (SSSR count). The van der Waals surface area contributed by atoms with Crippen LogP contribution in [0.5, 0.6) is 11.5 Å². The lowest BCUT2D eigenvalue weighted by molar-refractivity contribution is -0.386. The van der Waals surface area contributed by atoms with Gasteiger partial charge in [-0.15, -0.1) is 11.6 Å². The molecule has 0 atom stereocenters. The Kier molecular flexibility index (Phi) is 7.27. The van der Waals surface area contributed by atoms with Crippen LogP contribution in [-0.4, -0.2) is 35.7 Å². The molecule has 7 heteroatoms. The number of rotatable bonds is 10. The number of aryl methyl sites for hydroxylation is 2. The largest absolute Gasteiger partial charge is 0.491 e. The second-order valence-corrected chi connectivity index (χ2v) is 6.81. The molecule has 0 radical (unpaired) electrons. The Morgan fingerprint density at radius 2 is 1.72 bits per heavy atom. The maximum atomic E-state index is 11.8. The van der Waals surface area contributed by atoms with Gasteiger partial charge in [-0.3, -0.25) is 10.1 Å². The number of aliphatic hydroxyl groups is 1. The third kappa shape index (κ3) is 5.16. The van der Waals surface area contributed by atoms with Crippen LogP contribution in [0.15, 0.2) is 54.6 Å². The van der Waals surface area contributed by atoms with Crippen LogP contribution in [0.3, 0.4) is 0 Å². The molecule has 0 fully saturated rings. The predicted octanol–water partition coefficient (Wildman–Crippen LogP) is 4.52. The average Bonchev–Trinajstić information content (AvgIpc) is 2.74. The summed E-state index contributed by atoms with van der Waals surface area (Å²) in [4.78, 5) is 11.3. The number of nitrogens with zero attached hydrogens (tertiary/aromatic N) is 1. The number of fused-ring (bicyclic) bond motifs is 1. The van der Waals surface area contributed by atoms with Crippen LogP contribution < -0.4 is 9.47 Å². The highest BCUT2D eigenvalue weighted by molar-refractivity contribution is 6.18. The highest BCUT2D eigenvalue weighted by Crippen LogP contribution is 2.36. The molecule has 0 aromatic heterocycles. The highest BCUT2D eigenvalue weighted by Gasteiger charge is 2.23. The smallest absolute Gasteiger partial charge is 0.314 e. The molecule has 0 aliphatic heterocycles. The number of nitro benzene ring substituents is 1. The van der Waals surface area contributed by atoms with Crippen LogP contribution in [0.1, 0.15) is 11.1 Å². The van der Waals surface area contributed by atoms with E-state index >= 15 is 0 Å². The van der Waals surface area contributed by atoms with Gasteiger partial charge in [0.1, 0.15) is 19.0 Å². The highest BCUT2D eigenvalue weighted by atomic mass is 35.5.